The zero-order valence-electron chi connectivity index (χ0n) is 26.3. The number of hydrogen-bond donors (Lipinski definition) is 3. The number of rotatable bonds is 17. The fraction of sp³-hybridized carbons (Fsp3) is 0.278. The van der Waals surface area contributed by atoms with Crippen LogP contribution in [0.1, 0.15) is 75.9 Å². The summed E-state index contributed by atoms with van der Waals surface area (Å²) in [5, 5.41) is 15.0. The fourth-order valence-electron chi connectivity index (χ4n) is 4.65. The van der Waals surface area contributed by atoms with E-state index >= 15 is 0 Å². The van der Waals surface area contributed by atoms with Crippen molar-refractivity contribution in [3.8, 4) is 17.2 Å². The van der Waals surface area contributed by atoms with Crippen molar-refractivity contribution in [3.05, 3.63) is 108 Å². The van der Waals surface area contributed by atoms with Gasteiger partial charge in [0.2, 0.25) is 0 Å². The molecule has 11 nitrogen and oxygen atoms in total. The number of anilines is 1. The lowest BCUT2D eigenvalue weighted by atomic mass is 10.0. The molecule has 4 aromatic rings. The van der Waals surface area contributed by atoms with Crippen LogP contribution in [-0.2, 0) is 11.2 Å². The molecule has 0 radical (unpaired) electrons. The molecule has 1 aromatic heterocycles. The average Bonchev–Trinajstić information content (AvgIpc) is 3.63. The molecule has 4 rings (SSSR count). The number of ether oxygens (including phenoxy) is 3. The Kier molecular flexibility index (Phi) is 12.6. The van der Waals surface area contributed by atoms with E-state index in [0.717, 1.165) is 12.8 Å². The van der Waals surface area contributed by atoms with Crippen molar-refractivity contribution in [1.29, 1.82) is 0 Å². The largest absolute Gasteiger partial charge is 0.494 e. The first-order valence-electron chi connectivity index (χ1n) is 15.4. The number of nitrogens with one attached hydrogen (secondary N) is 2. The number of carboxylic acid groups (broad SMARTS) is 1. The molecule has 0 aliphatic heterocycles. The second kappa shape index (κ2) is 17.2. The van der Waals surface area contributed by atoms with Gasteiger partial charge in [-0.1, -0.05) is 38.7 Å². The van der Waals surface area contributed by atoms with Gasteiger partial charge in [0, 0.05) is 17.7 Å². The normalized spacial score (nSPS) is 11.3. The molecule has 0 aliphatic carbocycles. The van der Waals surface area contributed by atoms with Gasteiger partial charge in [0.15, 0.2) is 17.3 Å². The molecule has 2 amide bonds. The SMILES string of the molecule is CCCCCCCOc1ccc(C(=O)Oc2ccc(CC(NC(=O)c3ccc(NC(=O)c4ccco4)cc3)C(=O)O)cc2OC)cc1. The molecular formula is C36H38N2O9. The topological polar surface area (TPSA) is 153 Å². The second-order valence-electron chi connectivity index (χ2n) is 10.7. The molecule has 1 heterocycles. The van der Waals surface area contributed by atoms with Gasteiger partial charge in [-0.3, -0.25) is 9.59 Å². The van der Waals surface area contributed by atoms with Crippen LogP contribution in [0.25, 0.3) is 0 Å². The highest BCUT2D eigenvalue weighted by molar-refractivity contribution is 6.03. The van der Waals surface area contributed by atoms with Crippen LogP contribution in [0.5, 0.6) is 17.2 Å². The zero-order chi connectivity index (χ0) is 33.6. The second-order valence-corrected chi connectivity index (χ2v) is 10.7. The van der Waals surface area contributed by atoms with E-state index in [1.54, 1.807) is 42.5 Å². The number of hydrogen-bond acceptors (Lipinski definition) is 8. The Labute approximate surface area is 272 Å². The van der Waals surface area contributed by atoms with Crippen LogP contribution >= 0.6 is 0 Å². The highest BCUT2D eigenvalue weighted by Gasteiger charge is 2.23. The first-order valence-corrected chi connectivity index (χ1v) is 15.4. The van der Waals surface area contributed by atoms with Gasteiger partial charge in [0.05, 0.1) is 25.5 Å². The van der Waals surface area contributed by atoms with E-state index in [1.807, 2.05) is 0 Å². The number of amides is 2. The summed E-state index contributed by atoms with van der Waals surface area (Å²) in [5.74, 6) is -1.70. The van der Waals surface area contributed by atoms with Crippen LogP contribution < -0.4 is 24.8 Å². The first kappa shape index (κ1) is 34.3. The molecule has 1 atom stereocenters. The van der Waals surface area contributed by atoms with E-state index in [4.69, 9.17) is 18.6 Å². The highest BCUT2D eigenvalue weighted by atomic mass is 16.6. The summed E-state index contributed by atoms with van der Waals surface area (Å²) in [7, 11) is 1.40. The van der Waals surface area contributed by atoms with Gasteiger partial charge in [0.1, 0.15) is 11.8 Å². The average molecular weight is 643 g/mol. The van der Waals surface area contributed by atoms with Crippen molar-refractivity contribution in [2.24, 2.45) is 0 Å². The molecule has 3 N–H and O–H groups in total. The maximum Gasteiger partial charge on any atom is 0.343 e. The third-order valence-corrected chi connectivity index (χ3v) is 7.23. The van der Waals surface area contributed by atoms with Gasteiger partial charge < -0.3 is 34.4 Å². The predicted octanol–water partition coefficient (Wildman–Crippen LogP) is 6.53. The Bertz CT molecular complexity index is 1630. The van der Waals surface area contributed by atoms with Gasteiger partial charge in [-0.15, -0.1) is 0 Å². The number of furan rings is 1. The minimum absolute atomic E-state index is 0.0665. The number of aliphatic carboxylic acids is 1. The van der Waals surface area contributed by atoms with Gasteiger partial charge >= 0.3 is 11.9 Å². The van der Waals surface area contributed by atoms with Crippen molar-refractivity contribution in [1.82, 2.24) is 5.32 Å². The number of benzene rings is 3. The van der Waals surface area contributed by atoms with E-state index in [1.165, 1.54) is 69.0 Å². The molecule has 1 unspecified atom stereocenters. The van der Waals surface area contributed by atoms with Crippen molar-refractivity contribution in [2.75, 3.05) is 19.0 Å². The molecule has 47 heavy (non-hydrogen) atoms. The van der Waals surface area contributed by atoms with Gasteiger partial charge in [-0.2, -0.15) is 0 Å². The van der Waals surface area contributed by atoms with E-state index in [9.17, 15) is 24.3 Å². The summed E-state index contributed by atoms with van der Waals surface area (Å²) in [5.41, 5.74) is 1.49. The monoisotopic (exact) mass is 642 g/mol. The molecule has 3 aromatic carbocycles. The number of carbonyl (C=O) groups excluding carboxylic acids is 3. The summed E-state index contributed by atoms with van der Waals surface area (Å²) in [6.07, 6.45) is 7.02. The standard InChI is InChI=1S/C36H38N2O9/c1-3-4-5-6-7-20-45-28-17-13-26(14-18-28)36(43)47-30-19-10-24(23-32(30)44-2)22-29(35(41)42)38-33(39)25-11-15-27(16-12-25)37-34(40)31-9-8-21-46-31/h8-19,21,23,29H,3-7,20,22H2,1-2H3,(H,37,40)(H,38,39)(H,41,42). The zero-order valence-corrected chi connectivity index (χ0v) is 26.3. The molecule has 0 saturated heterocycles. The van der Waals surface area contributed by atoms with Crippen LogP contribution in [0, 0.1) is 0 Å². The van der Waals surface area contributed by atoms with Crippen LogP contribution in [0.4, 0.5) is 5.69 Å². The summed E-state index contributed by atoms with van der Waals surface area (Å²) < 4.78 is 21.8. The molecule has 0 aliphatic rings. The van der Waals surface area contributed by atoms with Crippen LogP contribution in [-0.4, -0.2) is 48.6 Å². The van der Waals surface area contributed by atoms with Crippen LogP contribution in [0.3, 0.4) is 0 Å². The molecule has 0 spiro atoms. The number of carbonyl (C=O) groups is 4. The van der Waals surface area contributed by atoms with Crippen LogP contribution in [0.2, 0.25) is 0 Å². The number of methoxy groups -OCH3 is 1. The Hall–Kier alpha value is -5.58. The van der Waals surface area contributed by atoms with E-state index in [2.05, 4.69) is 17.6 Å². The highest BCUT2D eigenvalue weighted by Crippen LogP contribution is 2.30. The van der Waals surface area contributed by atoms with Gasteiger partial charge in [-0.25, -0.2) is 9.59 Å². The Morgan fingerprint density at radius 1 is 0.830 bits per heavy atom. The Morgan fingerprint density at radius 3 is 2.21 bits per heavy atom. The third kappa shape index (κ3) is 10.2. The fourth-order valence-corrected chi connectivity index (χ4v) is 4.65. The smallest absolute Gasteiger partial charge is 0.343 e. The lowest BCUT2D eigenvalue weighted by molar-refractivity contribution is -0.139. The quantitative estimate of drug-likeness (QED) is 0.0662. The van der Waals surface area contributed by atoms with E-state index in [-0.39, 0.29) is 29.2 Å². The summed E-state index contributed by atoms with van der Waals surface area (Å²) in [6.45, 7) is 2.79. The summed E-state index contributed by atoms with van der Waals surface area (Å²) in [4.78, 5) is 49.9. The van der Waals surface area contributed by atoms with E-state index < -0.39 is 29.8 Å². The van der Waals surface area contributed by atoms with Gasteiger partial charge in [-0.05, 0) is 84.8 Å². The molecule has 246 valence electrons. The number of unbranched alkanes of at least 4 members (excludes halogenated alkanes) is 4. The van der Waals surface area contributed by atoms with E-state index in [0.29, 0.717) is 29.2 Å². The van der Waals surface area contributed by atoms with Crippen molar-refractivity contribution >= 4 is 29.4 Å². The third-order valence-electron chi connectivity index (χ3n) is 7.23. The lowest BCUT2D eigenvalue weighted by Crippen LogP contribution is -2.42. The van der Waals surface area contributed by atoms with Crippen molar-refractivity contribution in [3.63, 3.8) is 0 Å². The predicted molar refractivity (Wildman–Crippen MR) is 174 cm³/mol. The molecule has 11 heteroatoms. The Morgan fingerprint density at radius 2 is 1.55 bits per heavy atom. The maximum atomic E-state index is 12.9. The van der Waals surface area contributed by atoms with Crippen molar-refractivity contribution in [2.45, 2.75) is 51.5 Å². The van der Waals surface area contributed by atoms with Gasteiger partial charge in [0.25, 0.3) is 11.8 Å². The summed E-state index contributed by atoms with van der Waals surface area (Å²) in [6, 6.07) is 19.2. The first-order chi connectivity index (χ1) is 22.8. The summed E-state index contributed by atoms with van der Waals surface area (Å²) >= 11 is 0. The minimum atomic E-state index is -1.27. The molecular weight excluding hydrogens is 604 g/mol. The number of esters is 1. The molecule has 0 bridgehead atoms. The Balaban J connectivity index is 1.32. The maximum absolute atomic E-state index is 12.9. The van der Waals surface area contributed by atoms with Crippen LogP contribution in [0.15, 0.2) is 89.5 Å². The number of carboxylic acids is 1. The molecule has 0 saturated carbocycles. The van der Waals surface area contributed by atoms with Crippen molar-refractivity contribution < 1.29 is 42.9 Å². The minimum Gasteiger partial charge on any atom is -0.494 e. The molecule has 0 fully saturated rings. The lowest BCUT2D eigenvalue weighted by Gasteiger charge is -2.16.